The predicted molar refractivity (Wildman–Crippen MR) is 61.5 cm³/mol. The molecule has 0 saturated carbocycles. The van der Waals surface area contributed by atoms with Gasteiger partial charge in [-0.05, 0) is 24.6 Å². The Hall–Kier alpha value is -1.50. The molecule has 0 aliphatic carbocycles. The van der Waals surface area contributed by atoms with E-state index < -0.39 is 34.4 Å². The first-order valence-electron chi connectivity index (χ1n) is 5.25. The average molecular weight is 314 g/mol. The van der Waals surface area contributed by atoms with Crippen LogP contribution in [0.5, 0.6) is 0 Å². The summed E-state index contributed by atoms with van der Waals surface area (Å²) in [6.07, 6.45) is -8.73. The summed E-state index contributed by atoms with van der Waals surface area (Å²) < 4.78 is 76.7. The molecule has 2 aromatic rings. The molecule has 0 unspecified atom stereocenters. The molecule has 0 fully saturated rings. The lowest BCUT2D eigenvalue weighted by Crippen LogP contribution is -2.12. The van der Waals surface area contributed by atoms with E-state index in [1.54, 1.807) is 0 Å². The van der Waals surface area contributed by atoms with Crippen LogP contribution in [-0.2, 0) is 12.4 Å². The molecule has 0 spiro atoms. The molecule has 108 valence electrons. The van der Waals surface area contributed by atoms with Gasteiger partial charge in [0.25, 0.3) is 0 Å². The lowest BCUT2D eigenvalue weighted by atomic mass is 10.0. The van der Waals surface area contributed by atoms with Gasteiger partial charge < -0.3 is 0 Å². The molecule has 0 aliphatic rings. The third-order valence-corrected chi connectivity index (χ3v) is 3.20. The molecule has 8 heteroatoms. The third-order valence-electron chi connectivity index (χ3n) is 2.71. The molecule has 0 atom stereocenters. The van der Waals surface area contributed by atoms with E-state index in [-0.39, 0.29) is 16.7 Å². The molecule has 0 bridgehead atoms. The van der Waals surface area contributed by atoms with Gasteiger partial charge in [0.2, 0.25) is 0 Å². The molecule has 0 radical (unpaired) electrons. The van der Waals surface area contributed by atoms with Crippen LogP contribution in [0, 0.1) is 6.92 Å². The summed E-state index contributed by atoms with van der Waals surface area (Å²) in [4.78, 5) is 3.61. The van der Waals surface area contributed by atoms with Gasteiger partial charge in [-0.25, -0.2) is 0 Å². The van der Waals surface area contributed by atoms with Crippen LogP contribution in [0.25, 0.3) is 10.9 Å². The predicted octanol–water partition coefficient (Wildman–Crippen LogP) is 5.23. The molecular weight excluding hydrogens is 308 g/mol. The smallest absolute Gasteiger partial charge is 0.256 e. The van der Waals surface area contributed by atoms with Crippen LogP contribution in [-0.4, -0.2) is 4.98 Å². The Morgan fingerprint density at radius 2 is 1.60 bits per heavy atom. The molecule has 0 N–H and O–H groups in total. The highest BCUT2D eigenvalue weighted by atomic mass is 35.5. The first-order valence-corrected chi connectivity index (χ1v) is 5.63. The fraction of sp³-hybridized carbons (Fsp3) is 0.250. The highest BCUT2D eigenvalue weighted by Crippen LogP contribution is 2.42. The highest BCUT2D eigenvalue weighted by molar-refractivity contribution is 6.36. The van der Waals surface area contributed by atoms with Gasteiger partial charge in [-0.15, -0.1) is 0 Å². The maximum absolute atomic E-state index is 12.9. The summed E-state index contributed by atoms with van der Waals surface area (Å²) >= 11 is 5.78. The van der Waals surface area contributed by atoms with Gasteiger partial charge in [-0.3, -0.25) is 4.98 Å². The van der Waals surface area contributed by atoms with E-state index in [1.165, 1.54) is 6.92 Å². The number of benzene rings is 1. The monoisotopic (exact) mass is 313 g/mol. The number of hydrogen-bond acceptors (Lipinski definition) is 1. The van der Waals surface area contributed by atoms with Crippen LogP contribution in [0.4, 0.5) is 26.3 Å². The Bertz CT molecular complexity index is 674. The minimum atomic E-state index is -4.96. The Balaban J connectivity index is 2.94. The number of rotatable bonds is 0. The van der Waals surface area contributed by atoms with E-state index in [0.717, 1.165) is 6.20 Å². The maximum Gasteiger partial charge on any atom is 0.417 e. The van der Waals surface area contributed by atoms with Gasteiger partial charge in [0, 0.05) is 11.6 Å². The van der Waals surface area contributed by atoms with Gasteiger partial charge in [0.1, 0.15) is 0 Å². The zero-order chi connectivity index (χ0) is 15.3. The normalized spacial score (nSPS) is 13.0. The number of alkyl halides is 6. The maximum atomic E-state index is 12.9. The first-order chi connectivity index (χ1) is 9.01. The Morgan fingerprint density at radius 1 is 1.00 bits per heavy atom. The molecule has 0 aliphatic heterocycles. The summed E-state index contributed by atoms with van der Waals surface area (Å²) in [5.41, 5.74) is -3.04. The summed E-state index contributed by atoms with van der Waals surface area (Å²) in [7, 11) is 0. The lowest BCUT2D eigenvalue weighted by Gasteiger charge is -2.15. The van der Waals surface area contributed by atoms with Crippen molar-refractivity contribution in [3.63, 3.8) is 0 Å². The number of pyridine rings is 1. The molecule has 2 rings (SSSR count). The first kappa shape index (κ1) is 14.9. The fourth-order valence-electron chi connectivity index (χ4n) is 1.77. The van der Waals surface area contributed by atoms with Gasteiger partial charge in [-0.1, -0.05) is 11.6 Å². The van der Waals surface area contributed by atoms with Crippen LogP contribution in [0.15, 0.2) is 18.3 Å². The van der Waals surface area contributed by atoms with E-state index in [9.17, 15) is 26.3 Å². The van der Waals surface area contributed by atoms with E-state index in [1.807, 2.05) is 0 Å². The average Bonchev–Trinajstić information content (AvgIpc) is 2.30. The number of fused-ring (bicyclic) bond motifs is 1. The number of nitrogens with zero attached hydrogens (tertiary/aromatic N) is 1. The van der Waals surface area contributed by atoms with E-state index in [2.05, 4.69) is 4.98 Å². The molecule has 1 heterocycles. The van der Waals surface area contributed by atoms with Gasteiger partial charge in [0.15, 0.2) is 0 Å². The molecule has 1 aromatic heterocycles. The third kappa shape index (κ3) is 2.54. The summed E-state index contributed by atoms with van der Waals surface area (Å²) in [6.45, 7) is 1.42. The van der Waals surface area contributed by atoms with Crippen molar-refractivity contribution in [3.05, 3.63) is 40.0 Å². The minimum absolute atomic E-state index is 0.0509. The van der Waals surface area contributed by atoms with Crippen LogP contribution < -0.4 is 0 Å². The molecule has 0 amide bonds. The molecule has 0 saturated heterocycles. The van der Waals surface area contributed by atoms with Crippen molar-refractivity contribution in [3.8, 4) is 0 Å². The SMILES string of the molecule is Cc1cnc2cc(C(F)(F)F)cc(C(F)(F)F)c2c1Cl. The van der Waals surface area contributed by atoms with Gasteiger partial charge >= 0.3 is 12.4 Å². The zero-order valence-corrected chi connectivity index (χ0v) is 10.6. The lowest BCUT2D eigenvalue weighted by molar-refractivity contribution is -0.142. The number of halogens is 7. The van der Waals surface area contributed by atoms with Gasteiger partial charge in [0.05, 0.1) is 21.7 Å². The second kappa shape index (κ2) is 4.51. The van der Waals surface area contributed by atoms with Crippen LogP contribution in [0.2, 0.25) is 5.02 Å². The quantitative estimate of drug-likeness (QED) is 0.607. The van der Waals surface area contributed by atoms with Crippen molar-refractivity contribution in [2.45, 2.75) is 19.3 Å². The van der Waals surface area contributed by atoms with Crippen LogP contribution >= 0.6 is 11.6 Å². The summed E-state index contributed by atoms with van der Waals surface area (Å²) in [5.74, 6) is 0. The largest absolute Gasteiger partial charge is 0.417 e. The summed E-state index contributed by atoms with van der Waals surface area (Å²) in [5, 5.41) is -0.775. The van der Waals surface area contributed by atoms with Gasteiger partial charge in [-0.2, -0.15) is 26.3 Å². The van der Waals surface area contributed by atoms with E-state index >= 15 is 0 Å². The van der Waals surface area contributed by atoms with Crippen molar-refractivity contribution >= 4 is 22.5 Å². The standard InChI is InChI=1S/C12H6ClF6N/c1-5-4-20-8-3-6(11(14,15)16)2-7(12(17,18)19)9(8)10(5)13/h2-4H,1H3. The molecule has 20 heavy (non-hydrogen) atoms. The topological polar surface area (TPSA) is 12.9 Å². The van der Waals surface area contributed by atoms with Crippen molar-refractivity contribution in [1.82, 2.24) is 4.98 Å². The van der Waals surface area contributed by atoms with Crippen LogP contribution in [0.3, 0.4) is 0 Å². The number of hydrogen-bond donors (Lipinski definition) is 0. The Morgan fingerprint density at radius 3 is 2.10 bits per heavy atom. The zero-order valence-electron chi connectivity index (χ0n) is 9.83. The van der Waals surface area contributed by atoms with Crippen molar-refractivity contribution < 1.29 is 26.3 Å². The molecule has 1 nitrogen and oxygen atoms in total. The molecular formula is C12H6ClF6N. The number of aromatic nitrogens is 1. The van der Waals surface area contributed by atoms with E-state index in [0.29, 0.717) is 6.07 Å². The Kier molecular flexibility index (Phi) is 3.36. The fourth-order valence-corrected chi connectivity index (χ4v) is 2.01. The van der Waals surface area contributed by atoms with Crippen molar-refractivity contribution in [1.29, 1.82) is 0 Å². The van der Waals surface area contributed by atoms with E-state index in [4.69, 9.17) is 11.6 Å². The summed E-state index contributed by atoms with van der Waals surface area (Å²) in [6, 6.07) is 0.602. The second-order valence-electron chi connectivity index (χ2n) is 4.17. The highest BCUT2D eigenvalue weighted by Gasteiger charge is 2.39. The second-order valence-corrected chi connectivity index (χ2v) is 4.55. The molecule has 1 aromatic carbocycles. The Labute approximate surface area is 114 Å². The minimum Gasteiger partial charge on any atom is -0.256 e. The van der Waals surface area contributed by atoms with Crippen molar-refractivity contribution in [2.24, 2.45) is 0 Å². The van der Waals surface area contributed by atoms with Crippen LogP contribution in [0.1, 0.15) is 16.7 Å². The number of aryl methyl sites for hydroxylation is 1. The van der Waals surface area contributed by atoms with Crippen molar-refractivity contribution in [2.75, 3.05) is 0 Å².